The predicted molar refractivity (Wildman–Crippen MR) is 104 cm³/mol. The Balaban J connectivity index is 2.10. The molecule has 140 valence electrons. The van der Waals surface area contributed by atoms with Gasteiger partial charge in [0.05, 0.1) is 7.11 Å². The molecule has 2 N–H and O–H groups in total. The molecule has 0 saturated heterocycles. The van der Waals surface area contributed by atoms with Crippen molar-refractivity contribution in [3.8, 4) is 0 Å². The Morgan fingerprint density at radius 2 is 1.88 bits per heavy atom. The lowest BCUT2D eigenvalue weighted by Crippen LogP contribution is -2.42. The van der Waals surface area contributed by atoms with Crippen molar-refractivity contribution < 1.29 is 9.53 Å². The lowest BCUT2D eigenvalue weighted by Gasteiger charge is -2.18. The van der Waals surface area contributed by atoms with E-state index in [4.69, 9.17) is 0 Å². The van der Waals surface area contributed by atoms with Crippen molar-refractivity contribution >= 4 is 11.9 Å². The highest BCUT2D eigenvalue weighted by molar-refractivity contribution is 5.79. The van der Waals surface area contributed by atoms with E-state index < -0.39 is 0 Å². The van der Waals surface area contributed by atoms with Crippen molar-refractivity contribution in [2.75, 3.05) is 20.7 Å². The summed E-state index contributed by atoms with van der Waals surface area (Å²) < 4.78 is 4.63. The summed E-state index contributed by atoms with van der Waals surface area (Å²) in [6.45, 7) is 3.08. The Morgan fingerprint density at radius 1 is 1.16 bits per heavy atom. The van der Waals surface area contributed by atoms with Crippen LogP contribution in [0.3, 0.4) is 0 Å². The van der Waals surface area contributed by atoms with E-state index >= 15 is 0 Å². The molecular formula is C20H33N3O2. The van der Waals surface area contributed by atoms with Gasteiger partial charge in [-0.05, 0) is 38.2 Å². The number of hydrogen-bond acceptors (Lipinski definition) is 3. The number of unbranched alkanes of at least 4 members (excludes halogenated alkanes) is 3. The highest BCUT2D eigenvalue weighted by Crippen LogP contribution is 2.05. The zero-order valence-corrected chi connectivity index (χ0v) is 15.9. The number of benzene rings is 1. The number of rotatable bonds is 11. The summed E-state index contributed by atoms with van der Waals surface area (Å²) in [4.78, 5) is 15.3. The number of carbonyl (C=O) groups excluding carboxylic acids is 1. The number of nitrogens with one attached hydrogen (secondary N) is 2. The fourth-order valence-corrected chi connectivity index (χ4v) is 2.58. The summed E-state index contributed by atoms with van der Waals surface area (Å²) >= 11 is 0. The third-order valence-corrected chi connectivity index (χ3v) is 4.14. The van der Waals surface area contributed by atoms with Crippen LogP contribution in [0.15, 0.2) is 35.3 Å². The van der Waals surface area contributed by atoms with Gasteiger partial charge in [0.25, 0.3) is 0 Å². The maximum Gasteiger partial charge on any atom is 0.305 e. The van der Waals surface area contributed by atoms with E-state index in [0.29, 0.717) is 12.5 Å². The van der Waals surface area contributed by atoms with Gasteiger partial charge in [0.2, 0.25) is 0 Å². The maximum atomic E-state index is 11.0. The molecule has 1 unspecified atom stereocenters. The molecule has 25 heavy (non-hydrogen) atoms. The second-order valence-electron chi connectivity index (χ2n) is 6.31. The summed E-state index contributed by atoms with van der Waals surface area (Å²) in [7, 11) is 3.24. The molecule has 5 heteroatoms. The normalized spacial score (nSPS) is 12.5. The third-order valence-electron chi connectivity index (χ3n) is 4.14. The average Bonchev–Trinajstić information content (AvgIpc) is 2.65. The van der Waals surface area contributed by atoms with E-state index in [1.807, 2.05) is 6.07 Å². The average molecular weight is 348 g/mol. The van der Waals surface area contributed by atoms with Gasteiger partial charge in [0, 0.05) is 26.1 Å². The van der Waals surface area contributed by atoms with Crippen molar-refractivity contribution in [2.24, 2.45) is 4.99 Å². The minimum absolute atomic E-state index is 0.118. The lowest BCUT2D eigenvalue weighted by atomic mass is 10.1. The molecular weight excluding hydrogens is 314 g/mol. The minimum atomic E-state index is -0.118. The number of carbonyl (C=O) groups is 1. The molecule has 0 aliphatic carbocycles. The van der Waals surface area contributed by atoms with Crippen molar-refractivity contribution in [3.05, 3.63) is 35.9 Å². The molecule has 0 bridgehead atoms. The van der Waals surface area contributed by atoms with Crippen LogP contribution in [0.25, 0.3) is 0 Å². The van der Waals surface area contributed by atoms with Gasteiger partial charge in [-0.25, -0.2) is 0 Å². The van der Waals surface area contributed by atoms with Gasteiger partial charge in [-0.15, -0.1) is 0 Å². The molecule has 0 spiro atoms. The molecule has 0 aliphatic rings. The molecule has 0 amide bonds. The first kappa shape index (κ1) is 21.0. The quantitative estimate of drug-likeness (QED) is 0.279. The summed E-state index contributed by atoms with van der Waals surface area (Å²) in [5, 5.41) is 6.80. The molecule has 0 heterocycles. The van der Waals surface area contributed by atoms with Gasteiger partial charge in [0.15, 0.2) is 5.96 Å². The molecule has 0 fully saturated rings. The molecule has 1 aromatic carbocycles. The number of ether oxygens (including phenoxy) is 1. The number of hydrogen-bond donors (Lipinski definition) is 2. The predicted octanol–water partition coefficient (Wildman–Crippen LogP) is 3.30. The van der Waals surface area contributed by atoms with Crippen LogP contribution in [0.5, 0.6) is 0 Å². The number of aryl methyl sites for hydroxylation is 1. The van der Waals surface area contributed by atoms with Crippen molar-refractivity contribution in [2.45, 2.75) is 57.9 Å². The zero-order valence-electron chi connectivity index (χ0n) is 15.9. The molecule has 0 aliphatic heterocycles. The monoisotopic (exact) mass is 347 g/mol. The smallest absolute Gasteiger partial charge is 0.305 e. The number of methoxy groups -OCH3 is 1. The van der Waals surface area contributed by atoms with Crippen LogP contribution < -0.4 is 10.6 Å². The number of nitrogens with zero attached hydrogens (tertiary/aromatic N) is 1. The Kier molecular flexibility index (Phi) is 11.2. The van der Waals surface area contributed by atoms with E-state index in [-0.39, 0.29) is 5.97 Å². The first-order valence-electron chi connectivity index (χ1n) is 9.23. The van der Waals surface area contributed by atoms with E-state index in [0.717, 1.165) is 51.0 Å². The third kappa shape index (κ3) is 10.4. The van der Waals surface area contributed by atoms with Gasteiger partial charge in [-0.2, -0.15) is 0 Å². The Bertz CT molecular complexity index is 503. The molecule has 0 radical (unpaired) electrons. The Morgan fingerprint density at radius 3 is 2.56 bits per heavy atom. The van der Waals surface area contributed by atoms with Gasteiger partial charge >= 0.3 is 5.97 Å². The second-order valence-corrected chi connectivity index (χ2v) is 6.31. The summed E-state index contributed by atoms with van der Waals surface area (Å²) in [6, 6.07) is 10.9. The largest absolute Gasteiger partial charge is 0.469 e. The van der Waals surface area contributed by atoms with Gasteiger partial charge < -0.3 is 15.4 Å². The first-order valence-corrected chi connectivity index (χ1v) is 9.23. The highest BCUT2D eigenvalue weighted by Gasteiger charge is 2.05. The summed E-state index contributed by atoms with van der Waals surface area (Å²) in [6.07, 6.45) is 6.77. The molecule has 1 atom stereocenters. The van der Waals surface area contributed by atoms with Crippen molar-refractivity contribution in [1.29, 1.82) is 0 Å². The van der Waals surface area contributed by atoms with Crippen LogP contribution in [-0.2, 0) is 16.0 Å². The number of esters is 1. The SMILES string of the molecule is CN=C(NCCCCCCC(=O)OC)NC(C)CCc1ccccc1. The molecule has 5 nitrogen and oxygen atoms in total. The van der Waals surface area contributed by atoms with Crippen LogP contribution in [0.1, 0.15) is 51.0 Å². The van der Waals surface area contributed by atoms with Crippen LogP contribution in [0.2, 0.25) is 0 Å². The number of guanidine groups is 1. The minimum Gasteiger partial charge on any atom is -0.469 e. The van der Waals surface area contributed by atoms with Gasteiger partial charge in [-0.1, -0.05) is 43.2 Å². The fourth-order valence-electron chi connectivity index (χ4n) is 2.58. The standard InChI is InChI=1S/C20H33N3O2/c1-17(14-15-18-11-7-6-8-12-18)23-20(21-2)22-16-10-5-4-9-13-19(24)25-3/h6-8,11-12,17H,4-5,9-10,13-16H2,1-3H3,(H2,21,22,23). The first-order chi connectivity index (χ1) is 12.2. The van der Waals surface area contributed by atoms with Gasteiger partial charge in [0.1, 0.15) is 0 Å². The van der Waals surface area contributed by atoms with Crippen molar-refractivity contribution in [3.63, 3.8) is 0 Å². The topological polar surface area (TPSA) is 62.7 Å². The van der Waals surface area contributed by atoms with E-state index in [1.54, 1.807) is 7.05 Å². The van der Waals surface area contributed by atoms with Crippen LogP contribution in [0.4, 0.5) is 0 Å². The molecule has 1 aromatic rings. The van der Waals surface area contributed by atoms with Crippen LogP contribution in [-0.4, -0.2) is 38.7 Å². The zero-order chi connectivity index (χ0) is 18.3. The van der Waals surface area contributed by atoms with E-state index in [1.165, 1.54) is 12.7 Å². The Labute approximate surface area is 152 Å². The summed E-state index contributed by atoms with van der Waals surface area (Å²) in [5.41, 5.74) is 1.37. The molecule has 0 aromatic heterocycles. The van der Waals surface area contributed by atoms with E-state index in [9.17, 15) is 4.79 Å². The second kappa shape index (κ2) is 13.3. The van der Waals surface area contributed by atoms with Crippen LogP contribution >= 0.6 is 0 Å². The lowest BCUT2D eigenvalue weighted by molar-refractivity contribution is -0.140. The maximum absolute atomic E-state index is 11.0. The van der Waals surface area contributed by atoms with Crippen LogP contribution in [0, 0.1) is 0 Å². The van der Waals surface area contributed by atoms with Gasteiger partial charge in [-0.3, -0.25) is 9.79 Å². The number of aliphatic imine (C=N–C) groups is 1. The Hall–Kier alpha value is -2.04. The highest BCUT2D eigenvalue weighted by atomic mass is 16.5. The van der Waals surface area contributed by atoms with Crippen molar-refractivity contribution in [1.82, 2.24) is 10.6 Å². The summed E-state index contributed by atoms with van der Waals surface area (Å²) in [5.74, 6) is 0.738. The van der Waals surface area contributed by atoms with E-state index in [2.05, 4.69) is 51.6 Å². The molecule has 0 saturated carbocycles. The molecule has 1 rings (SSSR count). The fraction of sp³-hybridized carbons (Fsp3) is 0.600.